The zero-order chi connectivity index (χ0) is 16.7. The number of carbonyl (C=O) groups excluding carboxylic acids is 1. The lowest BCUT2D eigenvalue weighted by Crippen LogP contribution is -2.12. The molecule has 0 fully saturated rings. The Labute approximate surface area is 134 Å². The minimum atomic E-state index is -0.793. The average molecular weight is 313 g/mol. The van der Waals surface area contributed by atoms with Crippen LogP contribution in [0.1, 0.15) is 34.3 Å². The Hall–Kier alpha value is -2.66. The van der Waals surface area contributed by atoms with E-state index in [-0.39, 0.29) is 18.9 Å². The van der Waals surface area contributed by atoms with E-state index in [1.165, 1.54) is 0 Å². The summed E-state index contributed by atoms with van der Waals surface area (Å²) < 4.78 is 0. The van der Waals surface area contributed by atoms with Gasteiger partial charge in [-0.1, -0.05) is 24.3 Å². The molecular formula is C18H19NO4. The number of carbonyl (C=O) groups is 2. The fourth-order valence-electron chi connectivity index (χ4n) is 2.21. The van der Waals surface area contributed by atoms with Gasteiger partial charge in [0.05, 0.1) is 6.61 Å². The maximum absolute atomic E-state index is 12.2. The molecule has 2 rings (SSSR count). The quantitative estimate of drug-likeness (QED) is 0.733. The minimum absolute atomic E-state index is 0.105. The van der Waals surface area contributed by atoms with Crippen LogP contribution < -0.4 is 5.32 Å². The lowest BCUT2D eigenvalue weighted by Gasteiger charge is -2.07. The molecule has 0 aromatic heterocycles. The Balaban J connectivity index is 1.94. The summed E-state index contributed by atoms with van der Waals surface area (Å²) in [5.41, 5.74) is 2.88. The van der Waals surface area contributed by atoms with E-state index in [0.29, 0.717) is 29.7 Å². The number of aliphatic carboxylic acids is 1. The maximum atomic E-state index is 12.2. The molecule has 0 heterocycles. The monoisotopic (exact) mass is 313 g/mol. The summed E-state index contributed by atoms with van der Waals surface area (Å²) in [6, 6.07) is 14.2. The van der Waals surface area contributed by atoms with E-state index in [1.807, 2.05) is 12.1 Å². The molecule has 0 spiro atoms. The van der Waals surface area contributed by atoms with Crippen molar-refractivity contribution in [3.8, 4) is 0 Å². The highest BCUT2D eigenvalue weighted by atomic mass is 16.4. The van der Waals surface area contributed by atoms with Crippen molar-refractivity contribution >= 4 is 17.6 Å². The lowest BCUT2D eigenvalue weighted by molar-refractivity contribution is -0.137. The molecule has 120 valence electrons. The Morgan fingerprint density at radius 3 is 2.39 bits per heavy atom. The fraction of sp³-hybridized carbons (Fsp3) is 0.222. The molecule has 0 aliphatic carbocycles. The number of aryl methyl sites for hydroxylation is 1. The summed E-state index contributed by atoms with van der Waals surface area (Å²) >= 11 is 0. The number of aliphatic hydroxyl groups excluding tert-OH is 1. The van der Waals surface area contributed by atoms with Crippen molar-refractivity contribution in [1.29, 1.82) is 0 Å². The summed E-state index contributed by atoms with van der Waals surface area (Å²) in [6.07, 6.45) is 1.44. The van der Waals surface area contributed by atoms with Gasteiger partial charge in [-0.2, -0.15) is 0 Å². The Bertz CT molecular complexity index is 680. The molecule has 23 heavy (non-hydrogen) atoms. The molecule has 5 nitrogen and oxygen atoms in total. The van der Waals surface area contributed by atoms with Crippen LogP contribution >= 0.6 is 0 Å². The third kappa shape index (κ3) is 5.23. The average Bonchev–Trinajstić information content (AvgIpc) is 2.56. The van der Waals surface area contributed by atoms with Crippen molar-refractivity contribution in [3.63, 3.8) is 0 Å². The summed E-state index contributed by atoms with van der Waals surface area (Å²) in [5.74, 6) is -1.03. The van der Waals surface area contributed by atoms with E-state index in [4.69, 9.17) is 10.2 Å². The molecular weight excluding hydrogens is 294 g/mol. The van der Waals surface area contributed by atoms with E-state index >= 15 is 0 Å². The molecule has 0 unspecified atom stereocenters. The van der Waals surface area contributed by atoms with E-state index in [9.17, 15) is 9.59 Å². The molecule has 0 saturated carbocycles. The minimum Gasteiger partial charge on any atom is -0.481 e. The van der Waals surface area contributed by atoms with Gasteiger partial charge in [-0.15, -0.1) is 0 Å². The Kier molecular flexibility index (Phi) is 5.88. The first kappa shape index (κ1) is 16.7. The first-order chi connectivity index (χ1) is 11.1. The number of nitrogens with one attached hydrogen (secondary N) is 1. The van der Waals surface area contributed by atoms with Gasteiger partial charge in [0.1, 0.15) is 0 Å². The molecule has 5 heteroatoms. The molecule has 3 N–H and O–H groups in total. The van der Waals surface area contributed by atoms with Crippen LogP contribution in [0.25, 0.3) is 0 Å². The predicted octanol–water partition coefficient (Wildman–Crippen LogP) is 2.84. The molecule has 2 aromatic rings. The number of hydrogen-bond donors (Lipinski definition) is 3. The molecule has 0 aliphatic heterocycles. The second-order valence-corrected chi connectivity index (χ2v) is 5.26. The highest BCUT2D eigenvalue weighted by molar-refractivity contribution is 6.04. The molecule has 0 aliphatic rings. The van der Waals surface area contributed by atoms with Gasteiger partial charge in [0, 0.05) is 17.7 Å². The molecule has 1 amide bonds. The first-order valence-electron chi connectivity index (χ1n) is 7.40. The zero-order valence-corrected chi connectivity index (χ0v) is 12.7. The Morgan fingerprint density at radius 1 is 1.00 bits per heavy atom. The molecule has 0 saturated heterocycles. The number of rotatable bonds is 7. The number of amides is 1. The van der Waals surface area contributed by atoms with Crippen molar-refractivity contribution in [1.82, 2.24) is 0 Å². The summed E-state index contributed by atoms with van der Waals surface area (Å²) in [5, 5.41) is 20.5. The standard InChI is InChI=1S/C18H19NO4/c20-12-14-4-1-5-15(11-14)18(23)19-16-9-7-13(8-10-16)3-2-6-17(21)22/h1,4-5,7-11,20H,2-3,6,12H2,(H,19,23)(H,21,22). The van der Waals surface area contributed by atoms with E-state index in [1.54, 1.807) is 36.4 Å². The molecule has 0 bridgehead atoms. The number of carboxylic acid groups (broad SMARTS) is 1. The van der Waals surface area contributed by atoms with Crippen LogP contribution in [0.2, 0.25) is 0 Å². The van der Waals surface area contributed by atoms with Gasteiger partial charge < -0.3 is 15.5 Å². The molecule has 2 aromatic carbocycles. The summed E-state index contributed by atoms with van der Waals surface area (Å²) in [7, 11) is 0. The topological polar surface area (TPSA) is 86.6 Å². The van der Waals surface area contributed by atoms with Gasteiger partial charge in [0.25, 0.3) is 5.91 Å². The smallest absolute Gasteiger partial charge is 0.303 e. The van der Waals surface area contributed by atoms with Gasteiger partial charge in [-0.25, -0.2) is 0 Å². The van der Waals surface area contributed by atoms with Crippen molar-refractivity contribution < 1.29 is 19.8 Å². The Morgan fingerprint density at radius 2 is 1.74 bits per heavy atom. The van der Waals surface area contributed by atoms with Crippen LogP contribution in [-0.2, 0) is 17.8 Å². The third-order valence-electron chi connectivity index (χ3n) is 3.44. The second-order valence-electron chi connectivity index (χ2n) is 5.26. The SMILES string of the molecule is O=C(O)CCCc1ccc(NC(=O)c2cccc(CO)c2)cc1. The van der Waals surface area contributed by atoms with E-state index in [2.05, 4.69) is 5.32 Å². The van der Waals surface area contributed by atoms with Crippen LogP contribution in [0.15, 0.2) is 48.5 Å². The van der Waals surface area contributed by atoms with E-state index in [0.717, 1.165) is 5.56 Å². The van der Waals surface area contributed by atoms with Crippen LogP contribution in [0.3, 0.4) is 0 Å². The number of anilines is 1. The van der Waals surface area contributed by atoms with Gasteiger partial charge in [-0.3, -0.25) is 9.59 Å². The van der Waals surface area contributed by atoms with Gasteiger partial charge in [-0.05, 0) is 48.2 Å². The number of aliphatic hydroxyl groups is 1. The van der Waals surface area contributed by atoms with Crippen LogP contribution in [0.5, 0.6) is 0 Å². The highest BCUT2D eigenvalue weighted by Crippen LogP contribution is 2.14. The zero-order valence-electron chi connectivity index (χ0n) is 12.7. The molecule has 0 radical (unpaired) electrons. The summed E-state index contributed by atoms with van der Waals surface area (Å²) in [6.45, 7) is -0.105. The summed E-state index contributed by atoms with van der Waals surface area (Å²) in [4.78, 5) is 22.6. The fourth-order valence-corrected chi connectivity index (χ4v) is 2.21. The van der Waals surface area contributed by atoms with E-state index < -0.39 is 5.97 Å². The molecule has 0 atom stereocenters. The first-order valence-corrected chi connectivity index (χ1v) is 7.40. The van der Waals surface area contributed by atoms with Crippen molar-refractivity contribution in [2.24, 2.45) is 0 Å². The lowest BCUT2D eigenvalue weighted by atomic mass is 10.1. The van der Waals surface area contributed by atoms with Crippen molar-refractivity contribution in [2.75, 3.05) is 5.32 Å². The van der Waals surface area contributed by atoms with Gasteiger partial charge >= 0.3 is 5.97 Å². The van der Waals surface area contributed by atoms with Crippen LogP contribution in [0, 0.1) is 0 Å². The maximum Gasteiger partial charge on any atom is 0.303 e. The van der Waals surface area contributed by atoms with Crippen molar-refractivity contribution in [3.05, 3.63) is 65.2 Å². The third-order valence-corrected chi connectivity index (χ3v) is 3.44. The van der Waals surface area contributed by atoms with Crippen molar-refractivity contribution in [2.45, 2.75) is 25.9 Å². The second kappa shape index (κ2) is 8.10. The van der Waals surface area contributed by atoms with Gasteiger partial charge in [0.15, 0.2) is 0 Å². The van der Waals surface area contributed by atoms with Crippen LogP contribution in [-0.4, -0.2) is 22.1 Å². The number of benzene rings is 2. The number of carboxylic acids is 1. The largest absolute Gasteiger partial charge is 0.481 e. The van der Waals surface area contributed by atoms with Crippen LogP contribution in [0.4, 0.5) is 5.69 Å². The van der Waals surface area contributed by atoms with Gasteiger partial charge in [0.2, 0.25) is 0 Å². The number of hydrogen-bond acceptors (Lipinski definition) is 3. The highest BCUT2D eigenvalue weighted by Gasteiger charge is 2.07. The normalized spacial score (nSPS) is 10.3. The predicted molar refractivity (Wildman–Crippen MR) is 87.3 cm³/mol.